The maximum Gasteiger partial charge on any atom is 0.263 e. The number of nitrogens with one attached hydrogen (secondary N) is 1. The molecule has 0 saturated carbocycles. The van der Waals surface area contributed by atoms with Crippen molar-refractivity contribution in [2.24, 2.45) is 0 Å². The summed E-state index contributed by atoms with van der Waals surface area (Å²) in [7, 11) is -3.86. The Labute approximate surface area is 190 Å². The SMILES string of the molecule is O=S(=O)(Nc1cc2nc3ccccc3nc2n1-c1ccccc1)c1ccc2ccccc2c1. The van der Waals surface area contributed by atoms with Crippen LogP contribution < -0.4 is 4.72 Å². The minimum atomic E-state index is -3.86. The van der Waals surface area contributed by atoms with E-state index in [2.05, 4.69) is 4.72 Å². The normalized spacial score (nSPS) is 11.9. The van der Waals surface area contributed by atoms with Gasteiger partial charge in [-0.1, -0.05) is 60.7 Å². The number of hydrogen-bond acceptors (Lipinski definition) is 4. The van der Waals surface area contributed by atoms with Crippen LogP contribution in [0.1, 0.15) is 0 Å². The summed E-state index contributed by atoms with van der Waals surface area (Å²) in [5.41, 5.74) is 3.46. The van der Waals surface area contributed by atoms with E-state index in [1.54, 1.807) is 22.8 Å². The first-order valence-electron chi connectivity index (χ1n) is 10.4. The Kier molecular flexibility index (Phi) is 4.38. The third kappa shape index (κ3) is 3.39. The molecule has 33 heavy (non-hydrogen) atoms. The van der Waals surface area contributed by atoms with Crippen molar-refractivity contribution < 1.29 is 8.42 Å². The molecule has 0 saturated heterocycles. The molecule has 6 nitrogen and oxygen atoms in total. The van der Waals surface area contributed by atoms with Crippen molar-refractivity contribution in [3.8, 4) is 5.69 Å². The van der Waals surface area contributed by atoms with Gasteiger partial charge in [-0.25, -0.2) is 18.4 Å². The Morgan fingerprint density at radius 1 is 0.636 bits per heavy atom. The smallest absolute Gasteiger partial charge is 0.263 e. The molecule has 0 atom stereocenters. The zero-order valence-corrected chi connectivity index (χ0v) is 18.2. The third-order valence-corrected chi connectivity index (χ3v) is 6.94. The number of benzene rings is 4. The van der Waals surface area contributed by atoms with E-state index in [9.17, 15) is 8.42 Å². The first-order valence-corrected chi connectivity index (χ1v) is 11.9. The molecular formula is C26H18N4O2S. The molecule has 0 aliphatic heterocycles. The van der Waals surface area contributed by atoms with Crippen LogP contribution in [0, 0.1) is 0 Å². The predicted molar refractivity (Wildman–Crippen MR) is 131 cm³/mol. The van der Waals surface area contributed by atoms with Crippen molar-refractivity contribution in [1.29, 1.82) is 0 Å². The summed E-state index contributed by atoms with van der Waals surface area (Å²) in [5.74, 6) is 0.375. The topological polar surface area (TPSA) is 76.9 Å². The van der Waals surface area contributed by atoms with Crippen LogP contribution in [0.5, 0.6) is 0 Å². The van der Waals surface area contributed by atoms with Crippen LogP contribution in [-0.2, 0) is 10.0 Å². The highest BCUT2D eigenvalue weighted by atomic mass is 32.2. The van der Waals surface area contributed by atoms with Crippen LogP contribution in [0.25, 0.3) is 38.7 Å². The Balaban J connectivity index is 1.54. The number of aromatic nitrogens is 3. The quantitative estimate of drug-likeness (QED) is 0.383. The van der Waals surface area contributed by atoms with Crippen molar-refractivity contribution in [2.75, 3.05) is 4.72 Å². The second-order valence-corrected chi connectivity index (χ2v) is 9.42. The van der Waals surface area contributed by atoms with Crippen molar-refractivity contribution in [3.05, 3.63) is 103 Å². The van der Waals surface area contributed by atoms with Gasteiger partial charge in [0, 0.05) is 11.8 Å². The first-order chi connectivity index (χ1) is 16.1. The van der Waals surface area contributed by atoms with Crippen molar-refractivity contribution >= 4 is 48.8 Å². The minimum Gasteiger partial charge on any atom is -0.278 e. The number of sulfonamides is 1. The largest absolute Gasteiger partial charge is 0.278 e. The first kappa shape index (κ1) is 19.5. The van der Waals surface area contributed by atoms with Crippen LogP contribution in [0.2, 0.25) is 0 Å². The summed E-state index contributed by atoms with van der Waals surface area (Å²) in [6.45, 7) is 0. The summed E-state index contributed by atoms with van der Waals surface area (Å²) < 4.78 is 31.3. The highest BCUT2D eigenvalue weighted by Crippen LogP contribution is 2.29. The number of anilines is 1. The number of nitrogens with zero attached hydrogens (tertiary/aromatic N) is 3. The molecule has 0 unspecified atom stereocenters. The van der Waals surface area contributed by atoms with Crippen molar-refractivity contribution in [1.82, 2.24) is 14.5 Å². The molecule has 0 radical (unpaired) electrons. The number of hydrogen-bond donors (Lipinski definition) is 1. The Hall–Kier alpha value is -4.23. The molecule has 0 aliphatic rings. The highest BCUT2D eigenvalue weighted by Gasteiger charge is 2.21. The fraction of sp³-hybridized carbons (Fsp3) is 0. The van der Waals surface area contributed by atoms with E-state index in [1.807, 2.05) is 84.9 Å². The van der Waals surface area contributed by atoms with Crippen molar-refractivity contribution in [3.63, 3.8) is 0 Å². The lowest BCUT2D eigenvalue weighted by molar-refractivity contribution is 0.601. The fourth-order valence-electron chi connectivity index (χ4n) is 4.02. The van der Waals surface area contributed by atoms with Crippen LogP contribution in [-0.4, -0.2) is 23.0 Å². The van der Waals surface area contributed by atoms with Gasteiger partial charge in [0.1, 0.15) is 11.3 Å². The van der Waals surface area contributed by atoms with Gasteiger partial charge < -0.3 is 0 Å². The van der Waals surface area contributed by atoms with E-state index < -0.39 is 10.0 Å². The maximum absolute atomic E-state index is 13.4. The molecule has 2 heterocycles. The molecule has 0 fully saturated rings. The molecule has 0 bridgehead atoms. The lowest BCUT2D eigenvalue weighted by Gasteiger charge is -2.13. The van der Waals surface area contributed by atoms with E-state index in [0.29, 0.717) is 17.0 Å². The Morgan fingerprint density at radius 2 is 1.30 bits per heavy atom. The van der Waals surface area contributed by atoms with Crippen LogP contribution in [0.4, 0.5) is 5.82 Å². The molecule has 1 N–H and O–H groups in total. The lowest BCUT2D eigenvalue weighted by Crippen LogP contribution is -2.15. The lowest BCUT2D eigenvalue weighted by atomic mass is 10.1. The average Bonchev–Trinajstić information content (AvgIpc) is 3.18. The van der Waals surface area contributed by atoms with E-state index >= 15 is 0 Å². The maximum atomic E-state index is 13.4. The molecule has 7 heteroatoms. The van der Waals surface area contributed by atoms with Gasteiger partial charge in [0.05, 0.1) is 15.9 Å². The molecule has 0 spiro atoms. The summed E-state index contributed by atoms with van der Waals surface area (Å²) in [6.07, 6.45) is 0. The summed E-state index contributed by atoms with van der Waals surface area (Å²) in [6, 6.07) is 31.6. The summed E-state index contributed by atoms with van der Waals surface area (Å²) >= 11 is 0. The van der Waals surface area contributed by atoms with Crippen LogP contribution >= 0.6 is 0 Å². The second-order valence-electron chi connectivity index (χ2n) is 7.74. The van der Waals surface area contributed by atoms with Gasteiger partial charge >= 0.3 is 0 Å². The van der Waals surface area contributed by atoms with E-state index in [0.717, 1.165) is 27.5 Å². The molecule has 4 aromatic carbocycles. The highest BCUT2D eigenvalue weighted by molar-refractivity contribution is 7.92. The van der Waals surface area contributed by atoms with E-state index in [4.69, 9.17) is 9.97 Å². The monoisotopic (exact) mass is 450 g/mol. The van der Waals surface area contributed by atoms with Gasteiger partial charge in [0.2, 0.25) is 0 Å². The molecule has 0 amide bonds. The van der Waals surface area contributed by atoms with Gasteiger partial charge in [-0.3, -0.25) is 9.29 Å². The number of para-hydroxylation sites is 3. The molecule has 6 aromatic rings. The standard InChI is InChI=1S/C26H18N4O2S/c31-33(32,21-15-14-18-8-4-5-9-19(18)16-21)29-25-17-24-26(30(25)20-10-2-1-3-11-20)28-23-13-7-6-12-22(23)27-24/h1-17,29H. The van der Waals surface area contributed by atoms with Gasteiger partial charge in [0.15, 0.2) is 5.65 Å². The van der Waals surface area contributed by atoms with E-state index in [-0.39, 0.29) is 4.90 Å². The van der Waals surface area contributed by atoms with Gasteiger partial charge in [-0.15, -0.1) is 0 Å². The number of rotatable bonds is 4. The third-order valence-electron chi connectivity index (χ3n) is 5.59. The Morgan fingerprint density at radius 3 is 2.09 bits per heavy atom. The molecular weight excluding hydrogens is 432 g/mol. The van der Waals surface area contributed by atoms with Crippen LogP contribution in [0.3, 0.4) is 0 Å². The van der Waals surface area contributed by atoms with Crippen LogP contribution in [0.15, 0.2) is 108 Å². The zero-order chi connectivity index (χ0) is 22.4. The van der Waals surface area contributed by atoms with Crippen molar-refractivity contribution in [2.45, 2.75) is 4.90 Å². The number of fused-ring (bicyclic) bond motifs is 3. The van der Waals surface area contributed by atoms with Gasteiger partial charge in [0.25, 0.3) is 10.0 Å². The molecule has 6 rings (SSSR count). The Bertz CT molecular complexity index is 1760. The second kappa shape index (κ2) is 7.43. The summed E-state index contributed by atoms with van der Waals surface area (Å²) in [5, 5.41) is 1.84. The van der Waals surface area contributed by atoms with Gasteiger partial charge in [-0.05, 0) is 47.2 Å². The van der Waals surface area contributed by atoms with Gasteiger partial charge in [-0.2, -0.15) is 0 Å². The molecule has 2 aromatic heterocycles. The average molecular weight is 451 g/mol. The fourth-order valence-corrected chi connectivity index (χ4v) is 5.09. The zero-order valence-electron chi connectivity index (χ0n) is 17.4. The summed E-state index contributed by atoms with van der Waals surface area (Å²) in [4.78, 5) is 9.69. The van der Waals surface area contributed by atoms with E-state index in [1.165, 1.54) is 0 Å². The molecule has 0 aliphatic carbocycles. The predicted octanol–water partition coefficient (Wildman–Crippen LogP) is 5.53. The minimum absolute atomic E-state index is 0.192. The molecule has 160 valence electrons.